The molecule has 0 spiro atoms. The largest absolute Gasteiger partial charge is 0.451 e. The molecule has 9 nitrogen and oxygen atoms in total. The number of carbonyl (C=O) groups excluding carboxylic acids is 3. The van der Waals surface area contributed by atoms with Gasteiger partial charge in [-0.05, 0) is 36.4 Å². The molecule has 0 aromatic heterocycles. The highest BCUT2D eigenvalue weighted by Crippen LogP contribution is 2.20. The highest BCUT2D eigenvalue weighted by molar-refractivity contribution is 6.37. The number of hydrazone groups is 1. The normalized spacial score (nSPS) is 13.6. The maximum absolute atomic E-state index is 11.9. The summed E-state index contributed by atoms with van der Waals surface area (Å²) in [5.41, 5.74) is 4.18. The van der Waals surface area contributed by atoms with E-state index >= 15 is 0 Å². The summed E-state index contributed by atoms with van der Waals surface area (Å²) in [4.78, 5) is 34.7. The Morgan fingerprint density at radius 2 is 1.68 bits per heavy atom. The van der Waals surface area contributed by atoms with Crippen molar-refractivity contribution < 1.29 is 19.1 Å². The Labute approximate surface area is 160 Å². The van der Waals surface area contributed by atoms with Gasteiger partial charge in [0, 0.05) is 18.5 Å². The average Bonchev–Trinajstić information content (AvgIpc) is 2.73. The van der Waals surface area contributed by atoms with E-state index in [1.807, 2.05) is 30.3 Å². The van der Waals surface area contributed by atoms with Crippen molar-refractivity contribution in [2.45, 2.75) is 12.8 Å². The second-order valence-corrected chi connectivity index (χ2v) is 5.80. The number of esters is 1. The SMILES string of the molecule is O=C1CCC(C(=O)OCC(=O)Nc2ccc(N=Nc3ccccc3)cc2)=NN1. The van der Waals surface area contributed by atoms with E-state index in [1.54, 1.807) is 24.3 Å². The summed E-state index contributed by atoms with van der Waals surface area (Å²) >= 11 is 0. The molecule has 2 amide bonds. The van der Waals surface area contributed by atoms with Gasteiger partial charge in [0.15, 0.2) is 6.61 Å². The predicted octanol–water partition coefficient (Wildman–Crippen LogP) is 2.85. The Kier molecular flexibility index (Phi) is 6.19. The van der Waals surface area contributed by atoms with Crippen molar-refractivity contribution in [3.8, 4) is 0 Å². The minimum Gasteiger partial charge on any atom is -0.451 e. The lowest BCUT2D eigenvalue weighted by Crippen LogP contribution is -2.32. The Morgan fingerprint density at radius 3 is 2.32 bits per heavy atom. The Balaban J connectivity index is 1.47. The van der Waals surface area contributed by atoms with Crippen LogP contribution in [0.4, 0.5) is 17.1 Å². The molecule has 28 heavy (non-hydrogen) atoms. The summed E-state index contributed by atoms with van der Waals surface area (Å²) in [6.45, 7) is -0.457. The van der Waals surface area contributed by atoms with Crippen LogP contribution < -0.4 is 10.7 Å². The Bertz CT molecular complexity index is 923. The molecule has 9 heteroatoms. The fourth-order valence-corrected chi connectivity index (χ4v) is 2.25. The van der Waals surface area contributed by atoms with Crippen LogP contribution in [0.2, 0.25) is 0 Å². The maximum atomic E-state index is 11.9. The van der Waals surface area contributed by atoms with Gasteiger partial charge in [-0.1, -0.05) is 18.2 Å². The second kappa shape index (κ2) is 9.17. The van der Waals surface area contributed by atoms with Gasteiger partial charge in [0.05, 0.1) is 11.4 Å². The molecule has 0 fully saturated rings. The van der Waals surface area contributed by atoms with Crippen LogP contribution in [0.25, 0.3) is 0 Å². The topological polar surface area (TPSA) is 122 Å². The first-order valence-electron chi connectivity index (χ1n) is 8.49. The molecule has 0 radical (unpaired) electrons. The van der Waals surface area contributed by atoms with Crippen LogP contribution in [0.3, 0.4) is 0 Å². The molecule has 0 saturated carbocycles. The predicted molar refractivity (Wildman–Crippen MR) is 101 cm³/mol. The molecule has 2 aromatic rings. The van der Waals surface area contributed by atoms with Gasteiger partial charge in [0.25, 0.3) is 5.91 Å². The number of anilines is 1. The van der Waals surface area contributed by atoms with E-state index in [2.05, 4.69) is 26.1 Å². The van der Waals surface area contributed by atoms with E-state index in [9.17, 15) is 14.4 Å². The summed E-state index contributed by atoms with van der Waals surface area (Å²) in [5.74, 6) is -1.49. The zero-order chi connectivity index (χ0) is 19.8. The second-order valence-electron chi connectivity index (χ2n) is 5.80. The van der Waals surface area contributed by atoms with E-state index < -0.39 is 18.5 Å². The van der Waals surface area contributed by atoms with E-state index in [0.717, 1.165) is 5.69 Å². The molecule has 142 valence electrons. The third-order valence-electron chi connectivity index (χ3n) is 3.66. The first-order chi connectivity index (χ1) is 13.6. The van der Waals surface area contributed by atoms with Crippen molar-refractivity contribution >= 4 is 40.6 Å². The first-order valence-corrected chi connectivity index (χ1v) is 8.49. The van der Waals surface area contributed by atoms with Crippen LogP contribution in [-0.2, 0) is 19.1 Å². The number of benzene rings is 2. The Hall–Kier alpha value is -3.88. The molecule has 3 rings (SSSR count). The number of nitrogens with one attached hydrogen (secondary N) is 2. The summed E-state index contributed by atoms with van der Waals surface area (Å²) in [7, 11) is 0. The molecule has 2 aromatic carbocycles. The molecule has 0 unspecified atom stereocenters. The molecule has 1 aliphatic rings. The zero-order valence-corrected chi connectivity index (χ0v) is 14.8. The van der Waals surface area contributed by atoms with Gasteiger partial charge in [0.1, 0.15) is 5.71 Å². The minimum atomic E-state index is -0.730. The van der Waals surface area contributed by atoms with Crippen molar-refractivity contribution in [2.75, 3.05) is 11.9 Å². The van der Waals surface area contributed by atoms with Gasteiger partial charge in [-0.2, -0.15) is 15.3 Å². The number of hydrogen-bond donors (Lipinski definition) is 2. The summed E-state index contributed by atoms with van der Waals surface area (Å²) < 4.78 is 4.90. The van der Waals surface area contributed by atoms with E-state index in [1.165, 1.54) is 0 Å². The molecule has 1 heterocycles. The average molecular weight is 379 g/mol. The van der Waals surface area contributed by atoms with E-state index in [-0.39, 0.29) is 24.5 Å². The number of hydrogen-bond acceptors (Lipinski definition) is 7. The van der Waals surface area contributed by atoms with Crippen LogP contribution in [0.15, 0.2) is 69.9 Å². The van der Waals surface area contributed by atoms with Crippen molar-refractivity contribution in [3.05, 3.63) is 54.6 Å². The lowest BCUT2D eigenvalue weighted by atomic mass is 10.2. The lowest BCUT2D eigenvalue weighted by Gasteiger charge is -2.11. The van der Waals surface area contributed by atoms with Gasteiger partial charge >= 0.3 is 5.97 Å². The molecule has 2 N–H and O–H groups in total. The number of amides is 2. The van der Waals surface area contributed by atoms with E-state index in [4.69, 9.17) is 4.74 Å². The van der Waals surface area contributed by atoms with Crippen molar-refractivity contribution in [1.82, 2.24) is 5.43 Å². The number of nitrogens with zero attached hydrogens (tertiary/aromatic N) is 3. The van der Waals surface area contributed by atoms with Crippen LogP contribution >= 0.6 is 0 Å². The third-order valence-corrected chi connectivity index (χ3v) is 3.66. The highest BCUT2D eigenvalue weighted by atomic mass is 16.5. The zero-order valence-electron chi connectivity index (χ0n) is 14.8. The van der Waals surface area contributed by atoms with Gasteiger partial charge < -0.3 is 10.1 Å². The molecule has 1 aliphatic heterocycles. The van der Waals surface area contributed by atoms with Crippen molar-refractivity contribution in [2.24, 2.45) is 15.3 Å². The number of rotatable bonds is 6. The molecule has 0 bridgehead atoms. The van der Waals surface area contributed by atoms with Gasteiger partial charge in [0.2, 0.25) is 5.91 Å². The van der Waals surface area contributed by atoms with Crippen LogP contribution in [0.5, 0.6) is 0 Å². The van der Waals surface area contributed by atoms with E-state index in [0.29, 0.717) is 11.4 Å². The van der Waals surface area contributed by atoms with Gasteiger partial charge in [-0.15, -0.1) is 0 Å². The number of azo groups is 1. The van der Waals surface area contributed by atoms with Crippen molar-refractivity contribution in [1.29, 1.82) is 0 Å². The third kappa shape index (κ3) is 5.56. The molecule has 0 aliphatic carbocycles. The summed E-state index contributed by atoms with van der Waals surface area (Å²) in [6.07, 6.45) is 0.347. The summed E-state index contributed by atoms with van der Waals surface area (Å²) in [5, 5.41) is 14.4. The van der Waals surface area contributed by atoms with Gasteiger partial charge in [-0.25, -0.2) is 10.2 Å². The highest BCUT2D eigenvalue weighted by Gasteiger charge is 2.20. The quantitative estimate of drug-likeness (QED) is 0.592. The fourth-order valence-electron chi connectivity index (χ4n) is 2.25. The Morgan fingerprint density at radius 1 is 1.00 bits per heavy atom. The molecule has 0 atom stereocenters. The molecular weight excluding hydrogens is 362 g/mol. The maximum Gasteiger partial charge on any atom is 0.355 e. The smallest absolute Gasteiger partial charge is 0.355 e. The molecular formula is C19H17N5O4. The van der Waals surface area contributed by atoms with Gasteiger partial charge in [-0.3, -0.25) is 9.59 Å². The minimum absolute atomic E-state index is 0.0838. The summed E-state index contributed by atoms with van der Waals surface area (Å²) in [6, 6.07) is 16.1. The standard InChI is InChI=1S/C19H17N5O4/c25-17-11-10-16(23-24-17)19(27)28-12-18(26)20-13-6-8-15(9-7-13)22-21-14-4-2-1-3-5-14/h1-9H,10-12H2,(H,20,26)(H,24,25). The van der Waals surface area contributed by atoms with Crippen molar-refractivity contribution in [3.63, 3.8) is 0 Å². The fraction of sp³-hybridized carbons (Fsp3) is 0.158. The van der Waals surface area contributed by atoms with Crippen LogP contribution in [0, 0.1) is 0 Å². The van der Waals surface area contributed by atoms with Crippen LogP contribution in [0.1, 0.15) is 12.8 Å². The lowest BCUT2D eigenvalue weighted by molar-refractivity contribution is -0.140. The number of ether oxygens (including phenoxy) is 1. The number of carbonyl (C=O) groups is 3. The first kappa shape index (κ1) is 18.9. The van der Waals surface area contributed by atoms with Crippen LogP contribution in [-0.4, -0.2) is 30.1 Å². The monoisotopic (exact) mass is 379 g/mol. The molecule has 0 saturated heterocycles.